The fourth-order valence-corrected chi connectivity index (χ4v) is 1.60. The standard InChI is InChI=1S/C13H13N3O3/c1-15(10-5-3-2-4-6-10)12(17)9-16-8-7-11(14-16)13(18)19/h2-8H,9H2,1H3,(H,18,19). The van der Waals surface area contributed by atoms with Crippen molar-refractivity contribution >= 4 is 17.6 Å². The zero-order valence-corrected chi connectivity index (χ0v) is 10.4. The number of carbonyl (C=O) groups is 2. The van der Waals surface area contributed by atoms with Crippen LogP contribution in [0.25, 0.3) is 0 Å². The molecule has 2 aromatic rings. The average molecular weight is 259 g/mol. The van der Waals surface area contributed by atoms with Crippen molar-refractivity contribution in [3.8, 4) is 0 Å². The summed E-state index contributed by atoms with van der Waals surface area (Å²) < 4.78 is 1.31. The SMILES string of the molecule is CN(C(=O)Cn1ccc(C(=O)O)n1)c1ccccc1. The van der Waals surface area contributed by atoms with Crippen molar-refractivity contribution in [2.24, 2.45) is 0 Å². The minimum atomic E-state index is -1.11. The van der Waals surface area contributed by atoms with Gasteiger partial charge in [0.1, 0.15) is 6.54 Å². The molecule has 0 spiro atoms. The summed E-state index contributed by atoms with van der Waals surface area (Å²) in [6.45, 7) is -0.00132. The summed E-state index contributed by atoms with van der Waals surface area (Å²) in [6, 6.07) is 10.6. The van der Waals surface area contributed by atoms with Gasteiger partial charge in [-0.15, -0.1) is 0 Å². The van der Waals surface area contributed by atoms with E-state index in [1.165, 1.54) is 21.8 Å². The van der Waals surface area contributed by atoms with Crippen LogP contribution in [0.5, 0.6) is 0 Å². The van der Waals surface area contributed by atoms with Gasteiger partial charge < -0.3 is 10.0 Å². The molecule has 0 saturated carbocycles. The largest absolute Gasteiger partial charge is 0.476 e. The third kappa shape index (κ3) is 2.98. The van der Waals surface area contributed by atoms with E-state index in [2.05, 4.69) is 5.10 Å². The monoisotopic (exact) mass is 259 g/mol. The van der Waals surface area contributed by atoms with Gasteiger partial charge in [-0.2, -0.15) is 5.10 Å². The Hall–Kier alpha value is -2.63. The average Bonchev–Trinajstić information content (AvgIpc) is 2.87. The van der Waals surface area contributed by atoms with Gasteiger partial charge in [0, 0.05) is 18.9 Å². The number of carbonyl (C=O) groups excluding carboxylic acids is 1. The number of anilines is 1. The first-order valence-electron chi connectivity index (χ1n) is 5.66. The lowest BCUT2D eigenvalue weighted by atomic mass is 10.3. The summed E-state index contributed by atoms with van der Waals surface area (Å²) >= 11 is 0. The highest BCUT2D eigenvalue weighted by Gasteiger charge is 2.13. The molecular weight excluding hydrogens is 246 g/mol. The number of hydrogen-bond acceptors (Lipinski definition) is 3. The van der Waals surface area contributed by atoms with E-state index >= 15 is 0 Å². The van der Waals surface area contributed by atoms with Crippen molar-refractivity contribution in [2.45, 2.75) is 6.54 Å². The zero-order valence-electron chi connectivity index (χ0n) is 10.4. The van der Waals surface area contributed by atoms with Gasteiger partial charge >= 0.3 is 5.97 Å². The van der Waals surface area contributed by atoms with E-state index in [1.807, 2.05) is 30.3 Å². The molecule has 1 heterocycles. The van der Waals surface area contributed by atoms with E-state index in [0.29, 0.717) is 0 Å². The predicted octanol–water partition coefficient (Wildman–Crippen LogP) is 1.24. The van der Waals surface area contributed by atoms with Crippen LogP contribution < -0.4 is 4.90 Å². The Labute approximate surface area is 109 Å². The van der Waals surface area contributed by atoms with Gasteiger partial charge in [0.25, 0.3) is 0 Å². The topological polar surface area (TPSA) is 75.4 Å². The van der Waals surface area contributed by atoms with Crippen molar-refractivity contribution in [2.75, 3.05) is 11.9 Å². The number of carboxylic acids is 1. The van der Waals surface area contributed by atoms with Gasteiger partial charge in [-0.25, -0.2) is 4.79 Å². The first-order chi connectivity index (χ1) is 9.08. The second-order valence-electron chi connectivity index (χ2n) is 3.99. The van der Waals surface area contributed by atoms with E-state index in [4.69, 9.17) is 5.11 Å². The summed E-state index contributed by atoms with van der Waals surface area (Å²) in [4.78, 5) is 24.2. The fraction of sp³-hybridized carbons (Fsp3) is 0.154. The number of likely N-dealkylation sites (N-methyl/N-ethyl adjacent to an activating group) is 1. The number of aromatic nitrogens is 2. The van der Waals surface area contributed by atoms with Gasteiger partial charge in [-0.3, -0.25) is 9.48 Å². The maximum atomic E-state index is 12.0. The van der Waals surface area contributed by atoms with Gasteiger partial charge in [0.05, 0.1) is 0 Å². The highest BCUT2D eigenvalue weighted by atomic mass is 16.4. The van der Waals surface area contributed by atoms with Crippen molar-refractivity contribution in [3.63, 3.8) is 0 Å². The molecule has 0 aliphatic heterocycles. The van der Waals surface area contributed by atoms with E-state index in [1.54, 1.807) is 7.05 Å². The number of rotatable bonds is 4. The van der Waals surface area contributed by atoms with Crippen LogP contribution in [-0.4, -0.2) is 33.8 Å². The molecule has 1 amide bonds. The van der Waals surface area contributed by atoms with Crippen LogP contribution >= 0.6 is 0 Å². The molecule has 2 rings (SSSR count). The van der Waals surface area contributed by atoms with Crippen molar-refractivity contribution in [1.29, 1.82) is 0 Å². The summed E-state index contributed by atoms with van der Waals surface area (Å²) in [7, 11) is 1.67. The third-order valence-electron chi connectivity index (χ3n) is 2.67. The summed E-state index contributed by atoms with van der Waals surface area (Å²) in [5, 5.41) is 12.5. The van der Waals surface area contributed by atoms with Crippen LogP contribution in [0.2, 0.25) is 0 Å². The molecule has 0 atom stereocenters. The summed E-state index contributed by atoms with van der Waals surface area (Å²) in [6.07, 6.45) is 1.47. The van der Waals surface area contributed by atoms with Crippen LogP contribution in [0.3, 0.4) is 0 Å². The highest BCUT2D eigenvalue weighted by molar-refractivity contribution is 5.92. The molecule has 6 nitrogen and oxygen atoms in total. The van der Waals surface area contributed by atoms with Gasteiger partial charge in [-0.05, 0) is 18.2 Å². The van der Waals surface area contributed by atoms with Crippen molar-refractivity contribution in [3.05, 3.63) is 48.3 Å². The molecule has 0 radical (unpaired) electrons. The molecule has 0 unspecified atom stereocenters. The first kappa shape index (κ1) is 12.8. The lowest BCUT2D eigenvalue weighted by molar-refractivity contribution is -0.119. The summed E-state index contributed by atoms with van der Waals surface area (Å²) in [5.41, 5.74) is 0.702. The minimum Gasteiger partial charge on any atom is -0.476 e. The maximum Gasteiger partial charge on any atom is 0.356 e. The molecule has 0 aliphatic carbocycles. The lowest BCUT2D eigenvalue weighted by Crippen LogP contribution is -2.30. The van der Waals surface area contributed by atoms with E-state index in [0.717, 1.165) is 5.69 Å². The van der Waals surface area contributed by atoms with Gasteiger partial charge in [0.2, 0.25) is 5.91 Å². The van der Waals surface area contributed by atoms with E-state index < -0.39 is 5.97 Å². The molecule has 1 N–H and O–H groups in total. The Morgan fingerprint density at radius 2 is 1.95 bits per heavy atom. The first-order valence-corrected chi connectivity index (χ1v) is 5.66. The normalized spacial score (nSPS) is 10.2. The lowest BCUT2D eigenvalue weighted by Gasteiger charge is -2.17. The number of nitrogens with zero attached hydrogens (tertiary/aromatic N) is 3. The van der Waals surface area contributed by atoms with Crippen LogP contribution in [0.1, 0.15) is 10.5 Å². The highest BCUT2D eigenvalue weighted by Crippen LogP contribution is 2.11. The minimum absolute atomic E-state index is 0.00132. The van der Waals surface area contributed by atoms with Gasteiger partial charge in [-0.1, -0.05) is 18.2 Å². The second kappa shape index (κ2) is 5.34. The zero-order chi connectivity index (χ0) is 13.8. The Bertz CT molecular complexity index is 592. The number of carboxylic acid groups (broad SMARTS) is 1. The number of hydrogen-bond donors (Lipinski definition) is 1. The van der Waals surface area contributed by atoms with Crippen LogP contribution in [0.4, 0.5) is 5.69 Å². The fourth-order valence-electron chi connectivity index (χ4n) is 1.60. The van der Waals surface area contributed by atoms with Crippen molar-refractivity contribution in [1.82, 2.24) is 9.78 Å². The predicted molar refractivity (Wildman–Crippen MR) is 69.0 cm³/mol. The van der Waals surface area contributed by atoms with Crippen LogP contribution in [0.15, 0.2) is 42.6 Å². The number of benzene rings is 1. The molecule has 0 fully saturated rings. The third-order valence-corrected chi connectivity index (χ3v) is 2.67. The number of amides is 1. The molecule has 1 aromatic carbocycles. The number of aromatic carboxylic acids is 1. The Kier molecular flexibility index (Phi) is 3.61. The van der Waals surface area contributed by atoms with E-state index in [-0.39, 0.29) is 18.1 Å². The molecule has 1 aromatic heterocycles. The van der Waals surface area contributed by atoms with Crippen LogP contribution in [0, 0.1) is 0 Å². The Morgan fingerprint density at radius 3 is 2.53 bits per heavy atom. The smallest absolute Gasteiger partial charge is 0.356 e. The maximum absolute atomic E-state index is 12.0. The molecule has 0 saturated heterocycles. The number of para-hydroxylation sites is 1. The Balaban J connectivity index is 2.06. The Morgan fingerprint density at radius 1 is 1.26 bits per heavy atom. The molecule has 98 valence electrons. The van der Waals surface area contributed by atoms with Crippen molar-refractivity contribution < 1.29 is 14.7 Å². The molecule has 6 heteroatoms. The van der Waals surface area contributed by atoms with Crippen LogP contribution in [-0.2, 0) is 11.3 Å². The van der Waals surface area contributed by atoms with E-state index in [9.17, 15) is 9.59 Å². The molecule has 19 heavy (non-hydrogen) atoms. The van der Waals surface area contributed by atoms with Gasteiger partial charge in [0.15, 0.2) is 5.69 Å². The summed E-state index contributed by atoms with van der Waals surface area (Å²) in [5.74, 6) is -1.28. The quantitative estimate of drug-likeness (QED) is 0.896. The second-order valence-corrected chi connectivity index (χ2v) is 3.99. The molecule has 0 bridgehead atoms. The molecular formula is C13H13N3O3. The molecule has 0 aliphatic rings.